The quantitative estimate of drug-likeness (QED) is 0.874. The Labute approximate surface area is 127 Å². The van der Waals surface area contributed by atoms with E-state index in [-0.39, 0.29) is 11.9 Å². The molecule has 0 spiro atoms. The van der Waals surface area contributed by atoms with Gasteiger partial charge in [0.05, 0.1) is 6.20 Å². The van der Waals surface area contributed by atoms with E-state index in [0.717, 1.165) is 0 Å². The van der Waals surface area contributed by atoms with Gasteiger partial charge in [-0.05, 0) is 57.8 Å². The van der Waals surface area contributed by atoms with Gasteiger partial charge in [-0.1, -0.05) is 0 Å². The van der Waals surface area contributed by atoms with E-state index in [1.54, 1.807) is 6.07 Å². The van der Waals surface area contributed by atoms with Crippen molar-refractivity contribution in [2.45, 2.75) is 19.9 Å². The van der Waals surface area contributed by atoms with Gasteiger partial charge in [0, 0.05) is 12.2 Å². The molecule has 2 heterocycles. The zero-order valence-corrected chi connectivity index (χ0v) is 13.6. The normalized spacial score (nSPS) is 10.8. The predicted molar refractivity (Wildman–Crippen MR) is 80.2 cm³/mol. The number of aromatic nitrogens is 3. The topological polar surface area (TPSA) is 59.8 Å². The first-order chi connectivity index (χ1) is 8.99. The minimum atomic E-state index is -0.212. The van der Waals surface area contributed by atoms with Crippen LogP contribution in [0.25, 0.3) is 0 Å². The van der Waals surface area contributed by atoms with E-state index < -0.39 is 0 Å². The monoisotopic (exact) mass is 386 g/mol. The third kappa shape index (κ3) is 3.22. The second-order valence-electron chi connectivity index (χ2n) is 4.18. The maximum Gasteiger partial charge on any atom is 0.273 e. The highest BCUT2D eigenvalue weighted by Crippen LogP contribution is 2.20. The maximum atomic E-state index is 12.2. The van der Waals surface area contributed by atoms with Gasteiger partial charge in [0.2, 0.25) is 0 Å². The van der Waals surface area contributed by atoms with Crippen LogP contribution in [0.1, 0.15) is 30.4 Å². The number of nitrogens with one attached hydrogen (secondary N) is 1. The highest BCUT2D eigenvalue weighted by atomic mass is 79.9. The van der Waals surface area contributed by atoms with Crippen molar-refractivity contribution in [2.75, 3.05) is 5.32 Å². The summed E-state index contributed by atoms with van der Waals surface area (Å²) in [5.41, 5.74) is 0.589. The Morgan fingerprint density at radius 1 is 1.42 bits per heavy atom. The molecule has 0 saturated carbocycles. The largest absolute Gasteiger partial charge is 0.341 e. The minimum Gasteiger partial charge on any atom is -0.341 e. The van der Waals surface area contributed by atoms with Gasteiger partial charge in [0.1, 0.15) is 14.9 Å². The third-order valence-electron chi connectivity index (χ3n) is 2.50. The Kier molecular flexibility index (Phi) is 4.36. The summed E-state index contributed by atoms with van der Waals surface area (Å²) in [6, 6.07) is 3.84. The summed E-state index contributed by atoms with van der Waals surface area (Å²) in [5.74, 6) is 0.181. The summed E-state index contributed by atoms with van der Waals surface area (Å²) < 4.78 is 2.98. The van der Waals surface area contributed by atoms with Crippen LogP contribution in [0.3, 0.4) is 0 Å². The van der Waals surface area contributed by atoms with Crippen molar-refractivity contribution in [2.24, 2.45) is 0 Å². The zero-order chi connectivity index (χ0) is 14.0. The second-order valence-corrected chi connectivity index (χ2v) is 5.74. The first-order valence-electron chi connectivity index (χ1n) is 5.65. The molecule has 2 aromatic heterocycles. The molecule has 1 N–H and O–H groups in total. The lowest BCUT2D eigenvalue weighted by molar-refractivity contribution is 0.101. The van der Waals surface area contributed by atoms with Crippen LogP contribution in [0.15, 0.2) is 33.7 Å². The molecule has 0 atom stereocenters. The van der Waals surface area contributed by atoms with Crippen LogP contribution in [0.5, 0.6) is 0 Å². The molecule has 0 aliphatic carbocycles. The molecule has 100 valence electrons. The van der Waals surface area contributed by atoms with Crippen LogP contribution in [-0.2, 0) is 0 Å². The highest BCUT2D eigenvalue weighted by Gasteiger charge is 2.15. The summed E-state index contributed by atoms with van der Waals surface area (Å²) in [6.45, 7) is 4.04. The van der Waals surface area contributed by atoms with Crippen molar-refractivity contribution >= 4 is 43.6 Å². The van der Waals surface area contributed by atoms with Crippen LogP contribution < -0.4 is 5.32 Å². The Hall–Kier alpha value is -1.21. The molecule has 7 heteroatoms. The highest BCUT2D eigenvalue weighted by molar-refractivity contribution is 9.11. The second kappa shape index (κ2) is 5.83. The molecular weight excluding hydrogens is 376 g/mol. The van der Waals surface area contributed by atoms with Crippen molar-refractivity contribution in [1.82, 2.24) is 14.5 Å². The molecule has 5 nitrogen and oxygen atoms in total. The fourth-order valence-electron chi connectivity index (χ4n) is 1.64. The lowest BCUT2D eigenvalue weighted by Gasteiger charge is -2.12. The smallest absolute Gasteiger partial charge is 0.273 e. The van der Waals surface area contributed by atoms with Gasteiger partial charge >= 0.3 is 0 Å². The summed E-state index contributed by atoms with van der Waals surface area (Å²) in [6.07, 6.45) is 3.41. The van der Waals surface area contributed by atoms with Crippen LogP contribution in [-0.4, -0.2) is 20.4 Å². The van der Waals surface area contributed by atoms with Crippen molar-refractivity contribution in [3.8, 4) is 0 Å². The number of halogens is 2. The Morgan fingerprint density at radius 2 is 2.16 bits per heavy atom. The van der Waals surface area contributed by atoms with Crippen molar-refractivity contribution in [1.29, 1.82) is 0 Å². The van der Waals surface area contributed by atoms with Gasteiger partial charge in [0.25, 0.3) is 5.91 Å². The fraction of sp³-hybridized carbons (Fsp3) is 0.250. The van der Waals surface area contributed by atoms with Crippen LogP contribution in [0.2, 0.25) is 0 Å². The lowest BCUT2D eigenvalue weighted by atomic mass is 10.3. The van der Waals surface area contributed by atoms with E-state index in [2.05, 4.69) is 47.1 Å². The third-order valence-corrected chi connectivity index (χ3v) is 3.44. The Bertz CT molecular complexity index is 610. The number of anilines is 1. The van der Waals surface area contributed by atoms with Gasteiger partial charge in [0.15, 0.2) is 5.82 Å². The Balaban J connectivity index is 2.23. The first-order valence-corrected chi connectivity index (χ1v) is 7.24. The molecule has 0 aromatic carbocycles. The number of carbonyl (C=O) groups is 1. The SMILES string of the molecule is CC(C)n1cccc1C(=O)Nc1ncc(Br)nc1Br. The molecule has 0 fully saturated rings. The molecule has 0 aliphatic rings. The summed E-state index contributed by atoms with van der Waals surface area (Å²) >= 11 is 6.47. The standard InChI is InChI=1S/C12H12Br2N4O/c1-7(2)18-5-3-4-8(18)12(19)17-11-10(14)16-9(13)6-15-11/h3-7H,1-2H3,(H,15,17,19). The van der Waals surface area contributed by atoms with Crippen molar-refractivity contribution in [3.05, 3.63) is 39.4 Å². The summed E-state index contributed by atoms with van der Waals surface area (Å²) in [5, 5.41) is 2.73. The minimum absolute atomic E-state index is 0.212. The van der Waals surface area contributed by atoms with Crippen LogP contribution >= 0.6 is 31.9 Å². The number of hydrogen-bond acceptors (Lipinski definition) is 3. The molecule has 0 radical (unpaired) electrons. The van der Waals surface area contributed by atoms with Crippen LogP contribution in [0, 0.1) is 0 Å². The van der Waals surface area contributed by atoms with Gasteiger partial charge < -0.3 is 9.88 Å². The molecule has 0 unspecified atom stereocenters. The zero-order valence-electron chi connectivity index (χ0n) is 10.4. The van der Waals surface area contributed by atoms with Gasteiger partial charge in [-0.25, -0.2) is 9.97 Å². The number of rotatable bonds is 3. The number of nitrogens with zero attached hydrogens (tertiary/aromatic N) is 3. The molecule has 2 rings (SSSR count). The predicted octanol–water partition coefficient (Wildman–Crippen LogP) is 3.64. The van der Waals surface area contributed by atoms with E-state index in [9.17, 15) is 4.79 Å². The Morgan fingerprint density at radius 3 is 2.79 bits per heavy atom. The number of carbonyl (C=O) groups excluding carboxylic acids is 1. The molecule has 0 bridgehead atoms. The average Bonchev–Trinajstić information content (AvgIpc) is 2.82. The molecule has 1 amide bonds. The lowest BCUT2D eigenvalue weighted by Crippen LogP contribution is -2.18. The molecular formula is C12H12Br2N4O. The fourth-order valence-corrected chi connectivity index (χ4v) is 2.55. The van der Waals surface area contributed by atoms with E-state index in [1.165, 1.54) is 6.20 Å². The first kappa shape index (κ1) is 14.2. The van der Waals surface area contributed by atoms with E-state index in [4.69, 9.17) is 0 Å². The average molecular weight is 388 g/mol. The van der Waals surface area contributed by atoms with E-state index in [0.29, 0.717) is 20.7 Å². The van der Waals surface area contributed by atoms with Gasteiger partial charge in [-0.15, -0.1) is 0 Å². The number of hydrogen-bond donors (Lipinski definition) is 1. The molecule has 2 aromatic rings. The van der Waals surface area contributed by atoms with Crippen molar-refractivity contribution in [3.63, 3.8) is 0 Å². The van der Waals surface area contributed by atoms with E-state index in [1.807, 2.05) is 30.7 Å². The maximum absolute atomic E-state index is 12.2. The van der Waals surface area contributed by atoms with E-state index >= 15 is 0 Å². The van der Waals surface area contributed by atoms with Crippen molar-refractivity contribution < 1.29 is 4.79 Å². The summed E-state index contributed by atoms with van der Waals surface area (Å²) in [4.78, 5) is 20.4. The van der Waals surface area contributed by atoms with Crippen LogP contribution in [0.4, 0.5) is 5.82 Å². The summed E-state index contributed by atoms with van der Waals surface area (Å²) in [7, 11) is 0. The molecule has 0 saturated heterocycles. The molecule has 19 heavy (non-hydrogen) atoms. The van der Waals surface area contributed by atoms with Gasteiger partial charge in [-0.3, -0.25) is 4.79 Å². The number of amides is 1. The molecule has 0 aliphatic heterocycles. The van der Waals surface area contributed by atoms with Gasteiger partial charge in [-0.2, -0.15) is 0 Å².